The Bertz CT molecular complexity index is 1170. The van der Waals surface area contributed by atoms with Crippen molar-refractivity contribution in [3.05, 3.63) is 60.2 Å². The molecule has 2 amide bonds. The van der Waals surface area contributed by atoms with Gasteiger partial charge >= 0.3 is 0 Å². The van der Waals surface area contributed by atoms with E-state index in [0.717, 1.165) is 98.5 Å². The van der Waals surface area contributed by atoms with Crippen LogP contribution in [0.15, 0.2) is 54.6 Å². The van der Waals surface area contributed by atoms with Gasteiger partial charge in [-0.1, -0.05) is 55.0 Å². The number of rotatable bonds is 5. The second-order valence-electron chi connectivity index (χ2n) is 10.4. The quantitative estimate of drug-likeness (QED) is 0.444. The lowest BCUT2D eigenvalue weighted by Crippen LogP contribution is -2.49. The highest BCUT2D eigenvalue weighted by molar-refractivity contribution is 6.18. The Morgan fingerprint density at radius 3 is 2.06 bits per heavy atom. The minimum atomic E-state index is 0.106. The van der Waals surface area contributed by atoms with Gasteiger partial charge in [-0.15, -0.1) is 0 Å². The van der Waals surface area contributed by atoms with E-state index in [-0.39, 0.29) is 11.8 Å². The normalized spacial score (nSPS) is 19.9. The highest BCUT2D eigenvalue weighted by Crippen LogP contribution is 2.31. The Labute approximate surface area is 215 Å². The molecule has 1 unspecified atom stereocenters. The van der Waals surface area contributed by atoms with Crippen molar-refractivity contribution in [3.63, 3.8) is 0 Å². The summed E-state index contributed by atoms with van der Waals surface area (Å²) in [4.78, 5) is 33.6. The number of carbonyl (C=O) groups is 2. The van der Waals surface area contributed by atoms with Gasteiger partial charge in [0.05, 0.1) is 11.5 Å². The van der Waals surface area contributed by atoms with Crippen molar-refractivity contribution in [2.24, 2.45) is 5.92 Å². The molecule has 0 radical (unpaired) electrons. The van der Waals surface area contributed by atoms with E-state index in [1.54, 1.807) is 0 Å². The zero-order valence-corrected chi connectivity index (χ0v) is 21.8. The number of fused-ring (bicyclic) bond motifs is 2. The van der Waals surface area contributed by atoms with E-state index in [4.69, 9.17) is 0 Å². The lowest BCUT2D eigenvalue weighted by molar-refractivity contribution is -0.136. The first-order valence-electron chi connectivity index (χ1n) is 13.8. The molecule has 0 N–H and O–H groups in total. The van der Waals surface area contributed by atoms with Crippen molar-refractivity contribution in [3.8, 4) is 0 Å². The zero-order chi connectivity index (χ0) is 25.1. The summed E-state index contributed by atoms with van der Waals surface area (Å²) >= 11 is 0. The topological polar surface area (TPSA) is 43.9 Å². The van der Waals surface area contributed by atoms with Gasteiger partial charge < -0.3 is 9.80 Å². The van der Waals surface area contributed by atoms with Gasteiger partial charge in [0, 0.05) is 38.8 Å². The summed E-state index contributed by atoms with van der Waals surface area (Å²) in [6, 6.07) is 19.1. The Morgan fingerprint density at radius 2 is 1.44 bits per heavy atom. The third kappa shape index (κ3) is 4.86. The van der Waals surface area contributed by atoms with Crippen molar-refractivity contribution in [1.82, 2.24) is 14.7 Å². The van der Waals surface area contributed by atoms with Crippen LogP contribution in [0.5, 0.6) is 0 Å². The van der Waals surface area contributed by atoms with Crippen LogP contribution in [0.25, 0.3) is 21.5 Å². The number of amides is 2. The van der Waals surface area contributed by atoms with E-state index >= 15 is 0 Å². The highest BCUT2D eigenvalue weighted by atomic mass is 16.2. The molecule has 2 aliphatic rings. The maximum atomic E-state index is 13.9. The van der Waals surface area contributed by atoms with Crippen molar-refractivity contribution in [1.29, 1.82) is 0 Å². The van der Waals surface area contributed by atoms with Gasteiger partial charge in [-0.2, -0.15) is 0 Å². The number of hydrogen-bond acceptors (Lipinski definition) is 3. The minimum absolute atomic E-state index is 0.106. The van der Waals surface area contributed by atoms with Gasteiger partial charge in [0.1, 0.15) is 0 Å². The fourth-order valence-electron chi connectivity index (χ4n) is 6.33. The summed E-state index contributed by atoms with van der Waals surface area (Å²) in [6.45, 7) is 9.18. The van der Waals surface area contributed by atoms with Gasteiger partial charge in [-0.25, -0.2) is 0 Å². The highest BCUT2D eigenvalue weighted by Gasteiger charge is 2.33. The molecule has 3 aromatic rings. The molecule has 2 fully saturated rings. The average Bonchev–Trinajstić information content (AvgIpc) is 3.18. The first-order valence-corrected chi connectivity index (χ1v) is 13.8. The Morgan fingerprint density at radius 1 is 0.833 bits per heavy atom. The molecule has 3 aromatic carbocycles. The van der Waals surface area contributed by atoms with Crippen molar-refractivity contribution < 1.29 is 9.59 Å². The van der Waals surface area contributed by atoms with Crippen LogP contribution < -0.4 is 0 Å². The molecule has 0 aromatic heterocycles. The molecule has 5 heteroatoms. The summed E-state index contributed by atoms with van der Waals surface area (Å²) < 4.78 is 0. The zero-order valence-electron chi connectivity index (χ0n) is 21.8. The van der Waals surface area contributed by atoms with Gasteiger partial charge in [0.2, 0.25) is 5.91 Å². The number of hydrogen-bond donors (Lipinski definition) is 0. The van der Waals surface area contributed by atoms with Crippen LogP contribution in [-0.4, -0.2) is 71.8 Å². The molecule has 0 bridgehead atoms. The molecule has 0 spiro atoms. The van der Waals surface area contributed by atoms with E-state index in [1.165, 1.54) is 0 Å². The van der Waals surface area contributed by atoms with E-state index in [1.807, 2.05) is 29.2 Å². The molecule has 2 aliphatic heterocycles. The van der Waals surface area contributed by atoms with Crippen LogP contribution >= 0.6 is 0 Å². The van der Waals surface area contributed by atoms with E-state index in [9.17, 15) is 9.59 Å². The first-order chi connectivity index (χ1) is 17.6. The monoisotopic (exact) mass is 485 g/mol. The Balaban J connectivity index is 1.31. The van der Waals surface area contributed by atoms with Gasteiger partial charge in [0.25, 0.3) is 5.91 Å². The second-order valence-corrected chi connectivity index (χ2v) is 10.4. The fraction of sp³-hybridized carbons (Fsp3) is 0.484. The summed E-state index contributed by atoms with van der Waals surface area (Å²) in [5.74, 6) is 0.573. The third-order valence-electron chi connectivity index (χ3n) is 8.38. The van der Waals surface area contributed by atoms with Crippen LogP contribution in [0.2, 0.25) is 0 Å². The standard InChI is InChI=1S/C31H39N3O2/c1-3-32(4-2)30(35)25-13-9-10-18-34(22-25)26-16-19-33(20-17-26)31(36)29-27-14-7-5-11-23(27)21-24-12-6-8-15-28(24)29/h5-8,11-12,14-15,21,25-26H,3-4,9-10,13,16-20,22H2,1-2H3. The van der Waals surface area contributed by atoms with Crippen molar-refractivity contribution >= 4 is 33.4 Å². The Kier molecular flexibility index (Phi) is 7.56. The molecule has 2 saturated heterocycles. The van der Waals surface area contributed by atoms with Crippen LogP contribution in [0, 0.1) is 5.92 Å². The van der Waals surface area contributed by atoms with Crippen LogP contribution in [0.1, 0.15) is 56.3 Å². The molecule has 0 aliphatic carbocycles. The number of benzene rings is 3. The van der Waals surface area contributed by atoms with Crippen LogP contribution in [0.4, 0.5) is 0 Å². The molecule has 5 nitrogen and oxygen atoms in total. The molecule has 2 heterocycles. The molecule has 36 heavy (non-hydrogen) atoms. The Hall–Kier alpha value is -2.92. The lowest BCUT2D eigenvalue weighted by atomic mass is 9.94. The maximum Gasteiger partial charge on any atom is 0.255 e. The number of likely N-dealkylation sites (tertiary alicyclic amines) is 2. The molecule has 1 atom stereocenters. The summed E-state index contributed by atoms with van der Waals surface area (Å²) in [5.41, 5.74) is 0.835. The van der Waals surface area contributed by atoms with Gasteiger partial charge in [0.15, 0.2) is 0 Å². The average molecular weight is 486 g/mol. The lowest BCUT2D eigenvalue weighted by Gasteiger charge is -2.39. The summed E-state index contributed by atoms with van der Waals surface area (Å²) in [5, 5.41) is 4.30. The SMILES string of the molecule is CCN(CC)C(=O)C1CCCCN(C2CCN(C(=O)c3c4ccccc4cc4ccccc34)CC2)C1. The van der Waals surface area contributed by atoms with E-state index in [2.05, 4.69) is 54.0 Å². The van der Waals surface area contributed by atoms with Crippen molar-refractivity contribution in [2.45, 2.75) is 52.0 Å². The molecular weight excluding hydrogens is 446 g/mol. The van der Waals surface area contributed by atoms with E-state index in [0.29, 0.717) is 11.9 Å². The maximum absolute atomic E-state index is 13.9. The smallest absolute Gasteiger partial charge is 0.255 e. The van der Waals surface area contributed by atoms with Crippen LogP contribution in [-0.2, 0) is 4.79 Å². The van der Waals surface area contributed by atoms with E-state index < -0.39 is 0 Å². The van der Waals surface area contributed by atoms with Crippen LogP contribution in [0.3, 0.4) is 0 Å². The predicted molar refractivity (Wildman–Crippen MR) is 147 cm³/mol. The van der Waals surface area contributed by atoms with Crippen molar-refractivity contribution in [2.75, 3.05) is 39.3 Å². The molecule has 5 rings (SSSR count). The summed E-state index contributed by atoms with van der Waals surface area (Å²) in [7, 11) is 0. The second kappa shape index (κ2) is 11.0. The minimum Gasteiger partial charge on any atom is -0.343 e. The predicted octanol–water partition coefficient (Wildman–Crippen LogP) is 5.57. The number of piperidine rings is 1. The summed E-state index contributed by atoms with van der Waals surface area (Å²) in [6.07, 6.45) is 5.22. The molecular formula is C31H39N3O2. The largest absolute Gasteiger partial charge is 0.343 e. The number of nitrogens with zero attached hydrogens (tertiary/aromatic N) is 3. The first kappa shape index (κ1) is 24.8. The number of carbonyl (C=O) groups excluding carboxylic acids is 2. The molecule has 0 saturated carbocycles. The van der Waals surface area contributed by atoms with Gasteiger partial charge in [-0.3, -0.25) is 14.5 Å². The van der Waals surface area contributed by atoms with Gasteiger partial charge in [-0.05, 0) is 73.7 Å². The fourth-order valence-corrected chi connectivity index (χ4v) is 6.33. The third-order valence-corrected chi connectivity index (χ3v) is 8.38. The molecule has 190 valence electrons.